The molecule has 9 heteroatoms. The van der Waals surface area contributed by atoms with Crippen molar-refractivity contribution in [3.05, 3.63) is 53.2 Å². The summed E-state index contributed by atoms with van der Waals surface area (Å²) in [6, 6.07) is 10.2. The van der Waals surface area contributed by atoms with Crippen LogP contribution in [0.1, 0.15) is 18.4 Å². The van der Waals surface area contributed by atoms with E-state index in [9.17, 15) is 13.2 Å². The van der Waals surface area contributed by atoms with Crippen LogP contribution in [-0.2, 0) is 32.3 Å². The molecule has 158 valence electrons. The first-order valence-corrected chi connectivity index (χ1v) is 11.9. The number of hydrogen-bond acceptors (Lipinski definition) is 5. The second-order valence-electron chi connectivity index (χ2n) is 7.46. The van der Waals surface area contributed by atoms with Crippen molar-refractivity contribution in [2.75, 3.05) is 18.2 Å². The molecule has 1 N–H and O–H groups in total. The second-order valence-corrected chi connectivity index (χ2v) is 9.85. The van der Waals surface area contributed by atoms with Gasteiger partial charge in [0.2, 0.25) is 5.91 Å². The van der Waals surface area contributed by atoms with Crippen LogP contribution in [0.15, 0.2) is 47.5 Å². The van der Waals surface area contributed by atoms with Crippen LogP contribution in [0.5, 0.6) is 0 Å². The van der Waals surface area contributed by atoms with E-state index in [2.05, 4.69) is 10.4 Å². The van der Waals surface area contributed by atoms with Gasteiger partial charge in [-0.05, 0) is 36.6 Å². The van der Waals surface area contributed by atoms with E-state index in [0.717, 1.165) is 19.1 Å². The summed E-state index contributed by atoms with van der Waals surface area (Å²) >= 11 is 6.12. The Balaban J connectivity index is 1.57. The van der Waals surface area contributed by atoms with Crippen molar-refractivity contribution in [2.45, 2.75) is 36.8 Å². The zero-order valence-electron chi connectivity index (χ0n) is 16.5. The van der Waals surface area contributed by atoms with E-state index in [1.807, 2.05) is 6.07 Å². The fourth-order valence-electron chi connectivity index (χ4n) is 3.20. The molecule has 0 saturated heterocycles. The molecule has 3 aromatic rings. The van der Waals surface area contributed by atoms with Gasteiger partial charge in [0.1, 0.15) is 0 Å². The number of rotatable bonds is 8. The molecule has 0 unspecified atom stereocenters. The van der Waals surface area contributed by atoms with Gasteiger partial charge in [0.15, 0.2) is 9.84 Å². The average molecular weight is 448 g/mol. The third kappa shape index (κ3) is 5.00. The van der Waals surface area contributed by atoms with E-state index >= 15 is 0 Å². The van der Waals surface area contributed by atoms with Crippen molar-refractivity contribution >= 4 is 43.9 Å². The van der Waals surface area contributed by atoms with E-state index in [4.69, 9.17) is 16.3 Å². The topological polar surface area (TPSA) is 90.3 Å². The van der Waals surface area contributed by atoms with Gasteiger partial charge in [0.25, 0.3) is 0 Å². The molecular formula is C21H22ClN3O4S. The Bertz CT molecular complexity index is 1200. The molecule has 1 aliphatic carbocycles. The summed E-state index contributed by atoms with van der Waals surface area (Å²) < 4.78 is 32.0. The number of amides is 1. The van der Waals surface area contributed by atoms with E-state index in [1.165, 1.54) is 6.07 Å². The number of sulfone groups is 1. The molecule has 0 radical (unpaired) electrons. The molecule has 1 aliphatic rings. The molecule has 1 aromatic heterocycles. The number of hydrogen-bond donors (Lipinski definition) is 1. The first kappa shape index (κ1) is 20.8. The Morgan fingerprint density at radius 2 is 2.07 bits per heavy atom. The SMILES string of the molecule is CS(=O)(=O)c1cc(NC(=O)Cc2ccccc2Cl)cc2nn(CCOC3CC3)cc12. The first-order valence-electron chi connectivity index (χ1n) is 9.66. The summed E-state index contributed by atoms with van der Waals surface area (Å²) in [6.45, 7) is 1.05. The molecule has 0 bridgehead atoms. The Kier molecular flexibility index (Phi) is 5.81. The summed E-state index contributed by atoms with van der Waals surface area (Å²) in [4.78, 5) is 12.6. The van der Waals surface area contributed by atoms with Crippen LogP contribution in [-0.4, -0.2) is 43.1 Å². The summed E-state index contributed by atoms with van der Waals surface area (Å²) in [5.41, 5.74) is 1.57. The van der Waals surface area contributed by atoms with Crippen LogP contribution in [0, 0.1) is 0 Å². The van der Waals surface area contributed by atoms with Crippen molar-refractivity contribution in [3.63, 3.8) is 0 Å². The minimum Gasteiger partial charge on any atom is -0.376 e. The molecule has 1 heterocycles. The summed E-state index contributed by atoms with van der Waals surface area (Å²) in [6.07, 6.45) is 5.47. The van der Waals surface area contributed by atoms with Gasteiger partial charge in [-0.3, -0.25) is 9.48 Å². The number of nitrogens with zero attached hydrogens (tertiary/aromatic N) is 2. The number of fused-ring (bicyclic) bond motifs is 1. The smallest absolute Gasteiger partial charge is 0.228 e. The number of ether oxygens (including phenoxy) is 1. The maximum absolute atomic E-state index is 12.5. The van der Waals surface area contributed by atoms with Gasteiger partial charge >= 0.3 is 0 Å². The van der Waals surface area contributed by atoms with E-state index in [0.29, 0.717) is 46.4 Å². The monoisotopic (exact) mass is 447 g/mol. The van der Waals surface area contributed by atoms with Crippen molar-refractivity contribution in [2.24, 2.45) is 0 Å². The normalized spacial score (nSPS) is 14.2. The van der Waals surface area contributed by atoms with Crippen LogP contribution in [0.25, 0.3) is 10.9 Å². The Morgan fingerprint density at radius 1 is 1.30 bits per heavy atom. The fraction of sp³-hybridized carbons (Fsp3) is 0.333. The molecule has 0 spiro atoms. The minimum absolute atomic E-state index is 0.0822. The molecule has 1 saturated carbocycles. The van der Waals surface area contributed by atoms with Gasteiger partial charge < -0.3 is 10.1 Å². The highest BCUT2D eigenvalue weighted by atomic mass is 35.5. The molecular weight excluding hydrogens is 426 g/mol. The predicted octanol–water partition coefficient (Wildman–Crippen LogP) is 3.45. The molecule has 0 atom stereocenters. The fourth-order valence-corrected chi connectivity index (χ4v) is 4.30. The maximum atomic E-state index is 12.5. The molecule has 1 fully saturated rings. The highest BCUT2D eigenvalue weighted by Gasteiger charge is 2.22. The highest BCUT2D eigenvalue weighted by molar-refractivity contribution is 7.91. The standard InChI is InChI=1S/C21H22ClN3O4S/c1-30(27,28)20-12-15(23-21(26)10-14-4-2-3-5-18(14)22)11-19-17(20)13-25(24-19)8-9-29-16-6-7-16/h2-5,11-13,16H,6-10H2,1H3,(H,23,26). The molecule has 7 nitrogen and oxygen atoms in total. The van der Waals surface area contributed by atoms with Gasteiger partial charge in [-0.25, -0.2) is 8.42 Å². The average Bonchev–Trinajstić information content (AvgIpc) is 3.40. The number of carbonyl (C=O) groups is 1. The van der Waals surface area contributed by atoms with Gasteiger partial charge in [0, 0.05) is 28.5 Å². The first-order chi connectivity index (χ1) is 14.3. The zero-order valence-corrected chi connectivity index (χ0v) is 18.0. The van der Waals surface area contributed by atoms with Crippen LogP contribution >= 0.6 is 11.6 Å². The summed E-state index contributed by atoms with van der Waals surface area (Å²) in [5.74, 6) is -0.292. The van der Waals surface area contributed by atoms with E-state index < -0.39 is 9.84 Å². The lowest BCUT2D eigenvalue weighted by Gasteiger charge is -2.09. The molecule has 2 aromatic carbocycles. The van der Waals surface area contributed by atoms with Crippen molar-refractivity contribution < 1.29 is 17.9 Å². The molecule has 4 rings (SSSR count). The summed E-state index contributed by atoms with van der Waals surface area (Å²) in [7, 11) is -3.52. The van der Waals surface area contributed by atoms with Gasteiger partial charge in [-0.1, -0.05) is 29.8 Å². The minimum atomic E-state index is -3.52. The highest BCUT2D eigenvalue weighted by Crippen LogP contribution is 2.28. The summed E-state index contributed by atoms with van der Waals surface area (Å²) in [5, 5.41) is 8.26. The predicted molar refractivity (Wildman–Crippen MR) is 116 cm³/mol. The van der Waals surface area contributed by atoms with Gasteiger partial charge in [-0.15, -0.1) is 0 Å². The third-order valence-corrected chi connectivity index (χ3v) is 6.33. The van der Waals surface area contributed by atoms with Crippen LogP contribution in [0.2, 0.25) is 5.02 Å². The Labute approximate surface area is 179 Å². The second kappa shape index (κ2) is 8.37. The van der Waals surface area contributed by atoms with Crippen molar-refractivity contribution in [3.8, 4) is 0 Å². The van der Waals surface area contributed by atoms with Crippen LogP contribution < -0.4 is 5.32 Å². The van der Waals surface area contributed by atoms with Gasteiger partial charge in [0.05, 0.1) is 36.1 Å². The lowest BCUT2D eigenvalue weighted by Crippen LogP contribution is -2.15. The number of anilines is 1. The Morgan fingerprint density at radius 3 is 2.77 bits per heavy atom. The molecule has 1 amide bonds. The third-order valence-electron chi connectivity index (χ3n) is 4.82. The van der Waals surface area contributed by atoms with Crippen molar-refractivity contribution in [1.29, 1.82) is 0 Å². The van der Waals surface area contributed by atoms with E-state index in [1.54, 1.807) is 35.1 Å². The number of halogens is 1. The van der Waals surface area contributed by atoms with Crippen LogP contribution in [0.3, 0.4) is 0 Å². The molecule has 30 heavy (non-hydrogen) atoms. The number of aromatic nitrogens is 2. The zero-order chi connectivity index (χ0) is 21.3. The van der Waals surface area contributed by atoms with E-state index in [-0.39, 0.29) is 17.2 Å². The van der Waals surface area contributed by atoms with Crippen molar-refractivity contribution in [1.82, 2.24) is 9.78 Å². The Hall–Kier alpha value is -2.42. The van der Waals surface area contributed by atoms with Crippen LogP contribution in [0.4, 0.5) is 5.69 Å². The number of benzene rings is 2. The lowest BCUT2D eigenvalue weighted by molar-refractivity contribution is -0.115. The molecule has 0 aliphatic heterocycles. The lowest BCUT2D eigenvalue weighted by atomic mass is 10.1. The number of carbonyl (C=O) groups excluding carboxylic acids is 1. The van der Waals surface area contributed by atoms with Gasteiger partial charge in [-0.2, -0.15) is 5.10 Å². The maximum Gasteiger partial charge on any atom is 0.228 e. The largest absolute Gasteiger partial charge is 0.376 e. The number of nitrogens with one attached hydrogen (secondary N) is 1. The quantitative estimate of drug-likeness (QED) is 0.571.